The Bertz CT molecular complexity index is 945. The molecule has 1 saturated heterocycles. The van der Waals surface area contributed by atoms with E-state index in [1.54, 1.807) is 0 Å². The molecule has 2 aliphatic rings. The van der Waals surface area contributed by atoms with E-state index in [-0.39, 0.29) is 29.7 Å². The van der Waals surface area contributed by atoms with Crippen molar-refractivity contribution in [1.29, 1.82) is 0 Å². The Balaban J connectivity index is 1.61. The van der Waals surface area contributed by atoms with Crippen molar-refractivity contribution >= 4 is 22.5 Å². The fourth-order valence-corrected chi connectivity index (χ4v) is 3.07. The van der Waals surface area contributed by atoms with Gasteiger partial charge in [-0.25, -0.2) is 23.1 Å². The number of rotatable bonds is 3. The van der Waals surface area contributed by atoms with Gasteiger partial charge in [0.1, 0.15) is 17.2 Å². The Kier molecular flexibility index (Phi) is 4.23. The van der Waals surface area contributed by atoms with Crippen LogP contribution in [0.4, 0.5) is 13.2 Å². The molecule has 4 rings (SSSR count). The first-order valence-electron chi connectivity index (χ1n) is 8.17. The van der Waals surface area contributed by atoms with Crippen LogP contribution < -0.4 is 0 Å². The number of allylic oxidation sites excluding steroid dienone is 1. The first-order valence-corrected chi connectivity index (χ1v) is 8.17. The quantitative estimate of drug-likeness (QED) is 0.847. The van der Waals surface area contributed by atoms with E-state index in [2.05, 4.69) is 15.0 Å². The number of nitrogens with zero attached hydrogens (tertiary/aromatic N) is 3. The Morgan fingerprint density at radius 2 is 1.96 bits per heavy atom. The van der Waals surface area contributed by atoms with Gasteiger partial charge in [-0.05, 0) is 0 Å². The van der Waals surface area contributed by atoms with Gasteiger partial charge in [-0.3, -0.25) is 4.79 Å². The smallest absolute Gasteiger partial charge is 0.196 e. The summed E-state index contributed by atoms with van der Waals surface area (Å²) in [4.78, 5) is 25.2. The molecule has 0 spiro atoms. The number of imidazole rings is 1. The predicted octanol–water partition coefficient (Wildman–Crippen LogP) is 2.11. The summed E-state index contributed by atoms with van der Waals surface area (Å²) in [6.45, 7) is 2.42. The largest absolute Gasteiger partial charge is 0.378 e. The minimum Gasteiger partial charge on any atom is -0.378 e. The lowest BCUT2D eigenvalue weighted by Gasteiger charge is -2.30. The molecule has 2 aliphatic heterocycles. The molecule has 1 fully saturated rings. The Labute approximate surface area is 146 Å². The highest BCUT2D eigenvalue weighted by molar-refractivity contribution is 6.09. The zero-order chi connectivity index (χ0) is 18.3. The molecule has 26 heavy (non-hydrogen) atoms. The summed E-state index contributed by atoms with van der Waals surface area (Å²) < 4.78 is 45.8. The number of carbonyl (C=O) groups is 1. The number of aliphatic imine (C=N–C) groups is 1. The molecule has 2 aromatic rings. The van der Waals surface area contributed by atoms with Crippen molar-refractivity contribution in [2.45, 2.75) is 12.8 Å². The third-order valence-corrected chi connectivity index (χ3v) is 4.31. The van der Waals surface area contributed by atoms with Gasteiger partial charge in [0.15, 0.2) is 23.2 Å². The number of benzene rings is 1. The molecule has 0 bridgehead atoms. The normalized spacial score (nSPS) is 18.3. The minimum atomic E-state index is -1.56. The van der Waals surface area contributed by atoms with Crippen LogP contribution in [0.2, 0.25) is 0 Å². The van der Waals surface area contributed by atoms with Gasteiger partial charge in [-0.15, -0.1) is 0 Å². The average molecular weight is 364 g/mol. The van der Waals surface area contributed by atoms with E-state index in [9.17, 15) is 18.0 Å². The number of halogens is 3. The van der Waals surface area contributed by atoms with E-state index in [0.717, 1.165) is 6.07 Å². The fourth-order valence-electron chi connectivity index (χ4n) is 3.07. The summed E-state index contributed by atoms with van der Waals surface area (Å²) in [5, 5.41) is 0. The maximum atomic E-state index is 13.8. The number of ketones is 1. The topological polar surface area (TPSA) is 70.6 Å². The van der Waals surface area contributed by atoms with Crippen LogP contribution in [0.5, 0.6) is 0 Å². The summed E-state index contributed by atoms with van der Waals surface area (Å²) in [6, 6.07) is 0.858. The minimum absolute atomic E-state index is 0.0584. The van der Waals surface area contributed by atoms with E-state index in [1.807, 2.05) is 4.90 Å². The number of fused-ring (bicyclic) bond motifs is 1. The number of ether oxygens (including phenoxy) is 1. The molecule has 0 atom stereocenters. The van der Waals surface area contributed by atoms with E-state index in [0.29, 0.717) is 43.7 Å². The number of morpholine rings is 1. The second-order valence-corrected chi connectivity index (χ2v) is 6.17. The highest BCUT2D eigenvalue weighted by atomic mass is 19.2. The Morgan fingerprint density at radius 3 is 2.73 bits per heavy atom. The number of nitrogens with one attached hydrogen (secondary N) is 1. The van der Waals surface area contributed by atoms with Gasteiger partial charge in [0, 0.05) is 43.8 Å². The molecule has 136 valence electrons. The zero-order valence-electron chi connectivity index (χ0n) is 13.7. The standard InChI is InChI=1S/C17H15F3N4O2/c18-11-8-12-17(16(20)15(11)19)23-13(22-12)6-9-5-10(25)7-14(21-9)24-1-3-26-4-2-24/h7-8H,1-6H2,(H,22,23). The summed E-state index contributed by atoms with van der Waals surface area (Å²) in [6.07, 6.45) is 1.78. The Morgan fingerprint density at radius 1 is 1.19 bits per heavy atom. The number of aromatic amines is 1. The molecule has 1 aromatic carbocycles. The van der Waals surface area contributed by atoms with Crippen molar-refractivity contribution < 1.29 is 22.7 Å². The highest BCUT2D eigenvalue weighted by Gasteiger charge is 2.22. The monoisotopic (exact) mass is 364 g/mol. The molecule has 1 N–H and O–H groups in total. The number of aromatic nitrogens is 2. The van der Waals surface area contributed by atoms with Crippen molar-refractivity contribution in [3.05, 3.63) is 41.2 Å². The van der Waals surface area contributed by atoms with Crippen molar-refractivity contribution in [3.8, 4) is 0 Å². The van der Waals surface area contributed by atoms with Crippen LogP contribution in [0.25, 0.3) is 11.0 Å². The molecule has 0 aliphatic carbocycles. The van der Waals surface area contributed by atoms with Crippen LogP contribution in [0.3, 0.4) is 0 Å². The van der Waals surface area contributed by atoms with Crippen LogP contribution >= 0.6 is 0 Å². The van der Waals surface area contributed by atoms with Gasteiger partial charge >= 0.3 is 0 Å². The molecule has 6 nitrogen and oxygen atoms in total. The molecule has 0 amide bonds. The van der Waals surface area contributed by atoms with Crippen LogP contribution in [-0.2, 0) is 16.0 Å². The zero-order valence-corrected chi connectivity index (χ0v) is 13.7. The molecule has 0 saturated carbocycles. The SMILES string of the molecule is O=C1C=C(N2CCOCC2)N=C(Cc2nc3c(F)c(F)c(F)cc3[nH]2)C1. The fraction of sp³-hybridized carbons (Fsp3) is 0.353. The lowest BCUT2D eigenvalue weighted by molar-refractivity contribution is -0.113. The Hall–Kier alpha value is -2.68. The second kappa shape index (κ2) is 6.56. The first kappa shape index (κ1) is 16.8. The number of hydrogen-bond donors (Lipinski definition) is 1. The lowest BCUT2D eigenvalue weighted by Crippen LogP contribution is -2.36. The van der Waals surface area contributed by atoms with Crippen molar-refractivity contribution in [1.82, 2.24) is 14.9 Å². The predicted molar refractivity (Wildman–Crippen MR) is 87.2 cm³/mol. The summed E-state index contributed by atoms with van der Waals surface area (Å²) in [5.74, 6) is -3.40. The molecular formula is C17H15F3N4O2. The summed E-state index contributed by atoms with van der Waals surface area (Å²) in [5.41, 5.74) is 0.341. The summed E-state index contributed by atoms with van der Waals surface area (Å²) >= 11 is 0. The molecule has 0 radical (unpaired) electrons. The van der Waals surface area contributed by atoms with Crippen LogP contribution in [0, 0.1) is 17.5 Å². The van der Waals surface area contributed by atoms with Gasteiger partial charge in [0.25, 0.3) is 0 Å². The van der Waals surface area contributed by atoms with E-state index in [1.165, 1.54) is 6.08 Å². The van der Waals surface area contributed by atoms with Gasteiger partial charge in [-0.2, -0.15) is 0 Å². The van der Waals surface area contributed by atoms with Crippen molar-refractivity contribution in [2.24, 2.45) is 4.99 Å². The average Bonchev–Trinajstić information content (AvgIpc) is 3.02. The maximum Gasteiger partial charge on any atom is 0.196 e. The third-order valence-electron chi connectivity index (χ3n) is 4.31. The van der Waals surface area contributed by atoms with Crippen molar-refractivity contribution in [3.63, 3.8) is 0 Å². The van der Waals surface area contributed by atoms with Gasteiger partial charge in [0.05, 0.1) is 18.7 Å². The molecule has 0 unspecified atom stereocenters. The molecular weight excluding hydrogens is 349 g/mol. The molecule has 9 heteroatoms. The van der Waals surface area contributed by atoms with E-state index in [4.69, 9.17) is 4.74 Å². The summed E-state index contributed by atoms with van der Waals surface area (Å²) in [7, 11) is 0. The number of H-pyrrole nitrogens is 1. The van der Waals surface area contributed by atoms with Crippen LogP contribution in [0.15, 0.2) is 23.0 Å². The van der Waals surface area contributed by atoms with Gasteiger partial charge in [-0.1, -0.05) is 0 Å². The molecule has 3 heterocycles. The van der Waals surface area contributed by atoms with Crippen LogP contribution in [0.1, 0.15) is 12.2 Å². The maximum absolute atomic E-state index is 13.8. The number of hydrogen-bond acceptors (Lipinski definition) is 5. The van der Waals surface area contributed by atoms with Crippen molar-refractivity contribution in [2.75, 3.05) is 26.3 Å². The highest BCUT2D eigenvalue weighted by Crippen LogP contribution is 2.22. The van der Waals surface area contributed by atoms with Gasteiger partial charge in [0.2, 0.25) is 0 Å². The van der Waals surface area contributed by atoms with E-state index >= 15 is 0 Å². The van der Waals surface area contributed by atoms with E-state index < -0.39 is 17.5 Å². The third kappa shape index (κ3) is 3.10. The lowest BCUT2D eigenvalue weighted by atomic mass is 10.1. The number of carbonyl (C=O) groups excluding carboxylic acids is 1. The molecule has 1 aromatic heterocycles. The van der Waals surface area contributed by atoms with Gasteiger partial charge < -0.3 is 14.6 Å². The second-order valence-electron chi connectivity index (χ2n) is 6.17. The first-order chi connectivity index (χ1) is 12.5. The van der Waals surface area contributed by atoms with Crippen LogP contribution in [-0.4, -0.2) is 52.7 Å².